The minimum absolute atomic E-state index is 0.386. The normalized spacial score (nSPS) is 17.1. The lowest BCUT2D eigenvalue weighted by Crippen LogP contribution is -2.04. The third-order valence-corrected chi connectivity index (χ3v) is 4.14. The molecule has 3 unspecified atom stereocenters. The highest BCUT2D eigenvalue weighted by atomic mass is 35.5. The molecule has 0 amide bonds. The lowest BCUT2D eigenvalue weighted by atomic mass is 9.97. The molecule has 0 bridgehead atoms. The molecule has 0 aromatic heterocycles. The second-order valence-corrected chi connectivity index (χ2v) is 6.20. The molecule has 0 rings (SSSR count). The summed E-state index contributed by atoms with van der Waals surface area (Å²) in [5, 5.41) is 0.386. The Bertz CT molecular complexity index is 148. The Kier molecular flexibility index (Phi) is 11.1. The summed E-state index contributed by atoms with van der Waals surface area (Å²) in [5.74, 6) is 2.38. The lowest BCUT2D eigenvalue weighted by molar-refractivity contribution is 0.451. The Morgan fingerprint density at radius 3 is 2.12 bits per heavy atom. The summed E-state index contributed by atoms with van der Waals surface area (Å²) in [7, 11) is 0. The maximum Gasteiger partial charge on any atom is 0.0336 e. The maximum absolute atomic E-state index is 6.32. The van der Waals surface area contributed by atoms with Crippen molar-refractivity contribution in [1.29, 1.82) is 0 Å². The van der Waals surface area contributed by atoms with E-state index in [1.165, 1.54) is 38.5 Å². The monoisotopic (exact) mass is 266 g/mol. The van der Waals surface area contributed by atoms with Gasteiger partial charge in [0, 0.05) is 11.3 Å². The molecule has 0 saturated heterocycles. The Morgan fingerprint density at radius 1 is 0.875 bits per heavy atom. The molecular formula is C14H28Cl2. The summed E-state index contributed by atoms with van der Waals surface area (Å²) >= 11 is 12.0. The van der Waals surface area contributed by atoms with E-state index < -0.39 is 0 Å². The van der Waals surface area contributed by atoms with Crippen LogP contribution < -0.4 is 0 Å². The van der Waals surface area contributed by atoms with Gasteiger partial charge in [-0.3, -0.25) is 0 Å². The summed E-state index contributed by atoms with van der Waals surface area (Å²) in [4.78, 5) is 0. The number of hydrogen-bond donors (Lipinski definition) is 0. The van der Waals surface area contributed by atoms with Crippen molar-refractivity contribution < 1.29 is 0 Å². The highest BCUT2D eigenvalue weighted by Gasteiger charge is 2.08. The number of alkyl halides is 2. The second-order valence-electron chi connectivity index (χ2n) is 5.20. The van der Waals surface area contributed by atoms with Gasteiger partial charge in [-0.25, -0.2) is 0 Å². The van der Waals surface area contributed by atoms with Crippen LogP contribution in [0.3, 0.4) is 0 Å². The van der Waals surface area contributed by atoms with E-state index in [0.717, 1.165) is 24.1 Å². The molecule has 0 aliphatic rings. The van der Waals surface area contributed by atoms with E-state index in [4.69, 9.17) is 23.2 Å². The van der Waals surface area contributed by atoms with Gasteiger partial charge >= 0.3 is 0 Å². The fourth-order valence-corrected chi connectivity index (χ4v) is 2.49. The van der Waals surface area contributed by atoms with Crippen LogP contribution in [-0.4, -0.2) is 11.3 Å². The van der Waals surface area contributed by atoms with Crippen LogP contribution in [0.25, 0.3) is 0 Å². The molecule has 0 aromatic carbocycles. The molecule has 16 heavy (non-hydrogen) atoms. The molecule has 0 N–H and O–H groups in total. The predicted molar refractivity (Wildman–Crippen MR) is 76.7 cm³/mol. The van der Waals surface area contributed by atoms with Crippen LogP contribution in [0.5, 0.6) is 0 Å². The summed E-state index contributed by atoms with van der Waals surface area (Å²) in [6.45, 7) is 6.85. The second kappa shape index (κ2) is 10.7. The Morgan fingerprint density at radius 2 is 1.56 bits per heavy atom. The van der Waals surface area contributed by atoms with E-state index in [1.54, 1.807) is 0 Å². The van der Waals surface area contributed by atoms with Crippen LogP contribution in [0, 0.1) is 11.8 Å². The highest BCUT2D eigenvalue weighted by Crippen LogP contribution is 2.20. The zero-order chi connectivity index (χ0) is 12.4. The standard InChI is InChI=1S/C14H28Cl2/c1-4-12(2)8-9-14(16)7-5-6-13(3)10-11-15/h12-14H,4-11H2,1-3H3. The summed E-state index contributed by atoms with van der Waals surface area (Å²) in [6, 6.07) is 0. The van der Waals surface area contributed by atoms with Crippen LogP contribution in [-0.2, 0) is 0 Å². The van der Waals surface area contributed by atoms with Crippen molar-refractivity contribution in [3.05, 3.63) is 0 Å². The first-order valence-corrected chi connectivity index (χ1v) is 7.77. The van der Waals surface area contributed by atoms with Crippen LogP contribution in [0.2, 0.25) is 0 Å². The van der Waals surface area contributed by atoms with E-state index in [0.29, 0.717) is 5.38 Å². The van der Waals surface area contributed by atoms with Gasteiger partial charge in [0.1, 0.15) is 0 Å². The maximum atomic E-state index is 6.32. The molecule has 98 valence electrons. The van der Waals surface area contributed by atoms with Gasteiger partial charge in [-0.05, 0) is 37.5 Å². The van der Waals surface area contributed by atoms with E-state index in [1.807, 2.05) is 0 Å². The third kappa shape index (κ3) is 9.78. The fraction of sp³-hybridized carbons (Fsp3) is 1.00. The van der Waals surface area contributed by atoms with Gasteiger partial charge in [0.05, 0.1) is 0 Å². The first-order chi connectivity index (χ1) is 7.60. The summed E-state index contributed by atoms with van der Waals surface area (Å²) in [5.41, 5.74) is 0. The topological polar surface area (TPSA) is 0 Å². The quantitative estimate of drug-likeness (QED) is 0.435. The Hall–Kier alpha value is 0.580. The van der Waals surface area contributed by atoms with Gasteiger partial charge < -0.3 is 0 Å². The Labute approximate surface area is 112 Å². The first-order valence-electron chi connectivity index (χ1n) is 6.80. The van der Waals surface area contributed by atoms with E-state index >= 15 is 0 Å². The molecule has 0 aromatic rings. The SMILES string of the molecule is CCC(C)CCC(Cl)CCCC(C)CCCl. The van der Waals surface area contributed by atoms with Gasteiger partial charge in [0.25, 0.3) is 0 Å². The van der Waals surface area contributed by atoms with Crippen molar-refractivity contribution in [2.75, 3.05) is 5.88 Å². The molecule has 3 atom stereocenters. The number of hydrogen-bond acceptors (Lipinski definition) is 0. The molecule has 0 spiro atoms. The molecule has 0 nitrogen and oxygen atoms in total. The van der Waals surface area contributed by atoms with Crippen LogP contribution >= 0.6 is 23.2 Å². The molecule has 0 aliphatic carbocycles. The molecule has 0 aliphatic heterocycles. The molecule has 2 heteroatoms. The van der Waals surface area contributed by atoms with Crippen LogP contribution in [0.4, 0.5) is 0 Å². The molecule has 0 fully saturated rings. The van der Waals surface area contributed by atoms with Crippen molar-refractivity contribution in [3.8, 4) is 0 Å². The first kappa shape index (κ1) is 16.6. The third-order valence-electron chi connectivity index (χ3n) is 3.49. The smallest absolute Gasteiger partial charge is 0.0336 e. The summed E-state index contributed by atoms with van der Waals surface area (Å²) in [6.07, 6.45) is 8.58. The average molecular weight is 267 g/mol. The lowest BCUT2D eigenvalue weighted by Gasteiger charge is -2.14. The summed E-state index contributed by atoms with van der Waals surface area (Å²) < 4.78 is 0. The van der Waals surface area contributed by atoms with E-state index in [9.17, 15) is 0 Å². The molecule has 0 saturated carbocycles. The van der Waals surface area contributed by atoms with E-state index in [-0.39, 0.29) is 0 Å². The van der Waals surface area contributed by atoms with Crippen molar-refractivity contribution in [1.82, 2.24) is 0 Å². The van der Waals surface area contributed by atoms with E-state index in [2.05, 4.69) is 20.8 Å². The molecular weight excluding hydrogens is 239 g/mol. The van der Waals surface area contributed by atoms with Crippen LogP contribution in [0.1, 0.15) is 65.7 Å². The Balaban J connectivity index is 3.39. The van der Waals surface area contributed by atoms with Gasteiger partial charge in [-0.1, -0.05) is 40.0 Å². The van der Waals surface area contributed by atoms with Gasteiger partial charge in [-0.15, -0.1) is 23.2 Å². The van der Waals surface area contributed by atoms with Crippen molar-refractivity contribution >= 4 is 23.2 Å². The number of halogens is 2. The van der Waals surface area contributed by atoms with Crippen molar-refractivity contribution in [2.45, 2.75) is 71.1 Å². The predicted octanol–water partition coefficient (Wildman–Crippen LogP) is 5.86. The zero-order valence-corrected chi connectivity index (χ0v) is 12.7. The molecule has 0 heterocycles. The number of rotatable bonds is 10. The van der Waals surface area contributed by atoms with Gasteiger partial charge in [0.15, 0.2) is 0 Å². The van der Waals surface area contributed by atoms with Gasteiger partial charge in [0.2, 0.25) is 0 Å². The zero-order valence-electron chi connectivity index (χ0n) is 11.1. The van der Waals surface area contributed by atoms with Gasteiger partial charge in [-0.2, -0.15) is 0 Å². The molecule has 0 radical (unpaired) electrons. The average Bonchev–Trinajstić information content (AvgIpc) is 2.26. The van der Waals surface area contributed by atoms with Crippen molar-refractivity contribution in [3.63, 3.8) is 0 Å². The minimum atomic E-state index is 0.386. The van der Waals surface area contributed by atoms with Crippen LogP contribution in [0.15, 0.2) is 0 Å². The minimum Gasteiger partial charge on any atom is -0.127 e. The highest BCUT2D eigenvalue weighted by molar-refractivity contribution is 6.20. The largest absolute Gasteiger partial charge is 0.127 e. The fourth-order valence-electron chi connectivity index (χ4n) is 1.83. The van der Waals surface area contributed by atoms with Crippen molar-refractivity contribution in [2.24, 2.45) is 11.8 Å².